The van der Waals surface area contributed by atoms with Crippen LogP contribution in [0.15, 0.2) is 18.2 Å². The van der Waals surface area contributed by atoms with Gasteiger partial charge in [0.25, 0.3) is 0 Å². The molecule has 0 bridgehead atoms. The number of hydrogen-bond acceptors (Lipinski definition) is 5. The Balaban J connectivity index is 1.96. The van der Waals surface area contributed by atoms with Crippen LogP contribution in [-0.4, -0.2) is 42.4 Å². The van der Waals surface area contributed by atoms with Gasteiger partial charge < -0.3 is 4.74 Å². The van der Waals surface area contributed by atoms with Crippen LogP contribution in [0.25, 0.3) is 0 Å². The first kappa shape index (κ1) is 14.5. The lowest BCUT2D eigenvalue weighted by molar-refractivity contribution is -0.385. The SMILES string of the molecule is O=Cc1ccc([N+](=O)[O-])c(OCCN2CCCCC2)c1. The summed E-state index contributed by atoms with van der Waals surface area (Å²) in [6.45, 7) is 3.26. The number of aldehydes is 1. The summed E-state index contributed by atoms with van der Waals surface area (Å²) < 4.78 is 5.50. The topological polar surface area (TPSA) is 72.7 Å². The molecule has 0 amide bonds. The molecule has 1 aromatic rings. The van der Waals surface area contributed by atoms with Gasteiger partial charge in [-0.3, -0.25) is 19.8 Å². The van der Waals surface area contributed by atoms with Crippen LogP contribution in [-0.2, 0) is 0 Å². The van der Waals surface area contributed by atoms with E-state index in [0.717, 1.165) is 19.6 Å². The van der Waals surface area contributed by atoms with Crippen molar-refractivity contribution in [2.24, 2.45) is 0 Å². The van der Waals surface area contributed by atoms with Gasteiger partial charge in [0.2, 0.25) is 0 Å². The highest BCUT2D eigenvalue weighted by Crippen LogP contribution is 2.27. The number of nitrogens with zero attached hydrogens (tertiary/aromatic N) is 2. The number of likely N-dealkylation sites (tertiary alicyclic amines) is 1. The Morgan fingerprint density at radius 3 is 2.70 bits per heavy atom. The average Bonchev–Trinajstić information content (AvgIpc) is 2.48. The lowest BCUT2D eigenvalue weighted by Crippen LogP contribution is -2.33. The molecular formula is C14H18N2O4. The predicted molar refractivity (Wildman–Crippen MR) is 74.3 cm³/mol. The van der Waals surface area contributed by atoms with Crippen molar-refractivity contribution in [3.05, 3.63) is 33.9 Å². The van der Waals surface area contributed by atoms with E-state index in [2.05, 4.69) is 4.90 Å². The fourth-order valence-corrected chi connectivity index (χ4v) is 2.34. The summed E-state index contributed by atoms with van der Waals surface area (Å²) in [5.41, 5.74) is 0.276. The third-order valence-corrected chi connectivity index (χ3v) is 3.43. The Labute approximate surface area is 117 Å². The maximum atomic E-state index is 10.9. The molecular weight excluding hydrogens is 260 g/mol. The number of ether oxygens (including phenoxy) is 1. The molecule has 1 aliphatic rings. The summed E-state index contributed by atoms with van der Waals surface area (Å²) in [6, 6.07) is 4.14. The van der Waals surface area contributed by atoms with Crippen molar-refractivity contribution in [1.82, 2.24) is 4.90 Å². The Kier molecular flexibility index (Phi) is 5.06. The Bertz CT molecular complexity index is 484. The lowest BCUT2D eigenvalue weighted by Gasteiger charge is -2.26. The molecule has 0 aromatic heterocycles. The molecule has 1 heterocycles. The molecule has 0 radical (unpaired) electrons. The highest BCUT2D eigenvalue weighted by atomic mass is 16.6. The van der Waals surface area contributed by atoms with E-state index in [-0.39, 0.29) is 11.4 Å². The van der Waals surface area contributed by atoms with Crippen LogP contribution in [0, 0.1) is 10.1 Å². The molecule has 0 atom stereocenters. The molecule has 0 unspecified atom stereocenters. The van der Waals surface area contributed by atoms with E-state index in [1.807, 2.05) is 0 Å². The standard InChI is InChI=1S/C14H18N2O4/c17-11-12-4-5-13(16(18)19)14(10-12)20-9-8-15-6-2-1-3-7-15/h4-5,10-11H,1-3,6-9H2. The molecule has 1 saturated heterocycles. The van der Waals surface area contributed by atoms with Crippen LogP contribution in [0.1, 0.15) is 29.6 Å². The van der Waals surface area contributed by atoms with Crippen LogP contribution in [0.4, 0.5) is 5.69 Å². The molecule has 1 fully saturated rings. The minimum absolute atomic E-state index is 0.103. The summed E-state index contributed by atoms with van der Waals surface area (Å²) >= 11 is 0. The zero-order valence-electron chi connectivity index (χ0n) is 11.3. The van der Waals surface area contributed by atoms with Crippen molar-refractivity contribution >= 4 is 12.0 Å². The highest BCUT2D eigenvalue weighted by Gasteiger charge is 2.16. The lowest BCUT2D eigenvalue weighted by atomic mass is 10.1. The minimum atomic E-state index is -0.495. The fraction of sp³-hybridized carbons (Fsp3) is 0.500. The van der Waals surface area contributed by atoms with E-state index in [4.69, 9.17) is 4.74 Å². The van der Waals surface area contributed by atoms with Crippen LogP contribution < -0.4 is 4.74 Å². The van der Waals surface area contributed by atoms with Crippen molar-refractivity contribution in [3.8, 4) is 5.75 Å². The Hall–Kier alpha value is -1.95. The number of hydrogen-bond donors (Lipinski definition) is 0. The van der Waals surface area contributed by atoms with Gasteiger partial charge in [0.05, 0.1) is 4.92 Å². The van der Waals surface area contributed by atoms with E-state index in [1.54, 1.807) is 0 Å². The van der Waals surface area contributed by atoms with Gasteiger partial charge in [-0.1, -0.05) is 6.42 Å². The third kappa shape index (κ3) is 3.77. The second-order valence-corrected chi connectivity index (χ2v) is 4.85. The largest absolute Gasteiger partial charge is 0.485 e. The number of benzene rings is 1. The quantitative estimate of drug-likeness (QED) is 0.453. The number of nitro groups is 1. The van der Waals surface area contributed by atoms with E-state index in [0.29, 0.717) is 18.5 Å². The van der Waals surface area contributed by atoms with Gasteiger partial charge in [0, 0.05) is 18.2 Å². The first-order chi connectivity index (χ1) is 9.70. The third-order valence-electron chi connectivity index (χ3n) is 3.43. The molecule has 0 N–H and O–H groups in total. The fourth-order valence-electron chi connectivity index (χ4n) is 2.34. The first-order valence-corrected chi connectivity index (χ1v) is 6.79. The smallest absolute Gasteiger partial charge is 0.310 e. The van der Waals surface area contributed by atoms with Crippen LogP contribution in [0.3, 0.4) is 0 Å². The van der Waals surface area contributed by atoms with E-state index in [1.165, 1.54) is 37.5 Å². The molecule has 2 rings (SSSR count). The summed E-state index contributed by atoms with van der Waals surface area (Å²) in [4.78, 5) is 23.4. The molecule has 6 nitrogen and oxygen atoms in total. The normalized spacial score (nSPS) is 15.8. The van der Waals surface area contributed by atoms with Gasteiger partial charge in [-0.25, -0.2) is 0 Å². The molecule has 1 aliphatic heterocycles. The number of nitro benzene ring substituents is 1. The summed E-state index contributed by atoms with van der Waals surface area (Å²) in [5, 5.41) is 10.9. The molecule has 6 heteroatoms. The molecule has 108 valence electrons. The van der Waals surface area contributed by atoms with Crippen LogP contribution >= 0.6 is 0 Å². The number of rotatable bonds is 6. The molecule has 0 saturated carbocycles. The van der Waals surface area contributed by atoms with E-state index < -0.39 is 4.92 Å². The number of carbonyl (C=O) groups excluding carboxylic acids is 1. The Morgan fingerprint density at radius 2 is 2.05 bits per heavy atom. The van der Waals surface area contributed by atoms with E-state index in [9.17, 15) is 14.9 Å². The van der Waals surface area contributed by atoms with Crippen molar-refractivity contribution in [3.63, 3.8) is 0 Å². The second kappa shape index (κ2) is 7.00. The number of carbonyl (C=O) groups is 1. The van der Waals surface area contributed by atoms with Crippen molar-refractivity contribution in [2.75, 3.05) is 26.2 Å². The van der Waals surface area contributed by atoms with Gasteiger partial charge in [0.15, 0.2) is 5.75 Å². The molecule has 0 aliphatic carbocycles. The first-order valence-electron chi connectivity index (χ1n) is 6.79. The summed E-state index contributed by atoms with van der Waals surface area (Å²) in [6.07, 6.45) is 4.31. The highest BCUT2D eigenvalue weighted by molar-refractivity contribution is 5.76. The van der Waals surface area contributed by atoms with Gasteiger partial charge in [-0.2, -0.15) is 0 Å². The molecule has 1 aromatic carbocycles. The van der Waals surface area contributed by atoms with Gasteiger partial charge in [-0.15, -0.1) is 0 Å². The molecule has 20 heavy (non-hydrogen) atoms. The Morgan fingerprint density at radius 1 is 1.30 bits per heavy atom. The van der Waals surface area contributed by atoms with Gasteiger partial charge in [0.1, 0.15) is 12.9 Å². The van der Waals surface area contributed by atoms with Crippen molar-refractivity contribution in [2.45, 2.75) is 19.3 Å². The second-order valence-electron chi connectivity index (χ2n) is 4.85. The predicted octanol–water partition coefficient (Wildman–Crippen LogP) is 2.27. The zero-order valence-corrected chi connectivity index (χ0v) is 11.3. The summed E-state index contributed by atoms with van der Waals surface area (Å²) in [7, 11) is 0. The zero-order chi connectivity index (χ0) is 14.4. The van der Waals surface area contributed by atoms with Crippen LogP contribution in [0.2, 0.25) is 0 Å². The van der Waals surface area contributed by atoms with E-state index >= 15 is 0 Å². The minimum Gasteiger partial charge on any atom is -0.485 e. The summed E-state index contributed by atoms with van der Waals surface area (Å²) in [5.74, 6) is 0.164. The monoisotopic (exact) mass is 278 g/mol. The van der Waals surface area contributed by atoms with Gasteiger partial charge in [-0.05, 0) is 38.1 Å². The van der Waals surface area contributed by atoms with Crippen LogP contribution in [0.5, 0.6) is 5.75 Å². The maximum absolute atomic E-state index is 10.9. The number of piperidine rings is 1. The van der Waals surface area contributed by atoms with Crippen molar-refractivity contribution < 1.29 is 14.5 Å². The van der Waals surface area contributed by atoms with Crippen molar-refractivity contribution in [1.29, 1.82) is 0 Å². The van der Waals surface area contributed by atoms with Gasteiger partial charge >= 0.3 is 5.69 Å². The average molecular weight is 278 g/mol. The molecule has 0 spiro atoms. The maximum Gasteiger partial charge on any atom is 0.310 e.